The molecule has 5 rings (SSSR count). The molecular formula is C32H31F2N5S. The first-order valence-corrected chi connectivity index (χ1v) is 14.2. The Morgan fingerprint density at radius 1 is 0.775 bits per heavy atom. The van der Waals surface area contributed by atoms with Gasteiger partial charge in [0.15, 0.2) is 5.17 Å². The number of thioether (sulfide) groups is 1. The summed E-state index contributed by atoms with van der Waals surface area (Å²) < 4.78 is 27.2. The molecule has 0 unspecified atom stereocenters. The maximum Gasteiger partial charge on any atom is 0.180 e. The SMILES string of the molecule is NC(=NN=Cc1ccc(N2CCN(C(c3ccc(F)cc3)c3ccc(F)cc3)CC2)cc1)SCc1ccccc1. The number of nitrogens with zero attached hydrogens (tertiary/aromatic N) is 4. The summed E-state index contributed by atoms with van der Waals surface area (Å²) in [6.45, 7) is 3.31. The van der Waals surface area contributed by atoms with Gasteiger partial charge in [-0.3, -0.25) is 4.90 Å². The maximum absolute atomic E-state index is 13.6. The van der Waals surface area contributed by atoms with Crippen LogP contribution in [0, 0.1) is 11.6 Å². The van der Waals surface area contributed by atoms with E-state index in [0.29, 0.717) is 5.17 Å². The van der Waals surface area contributed by atoms with E-state index in [1.54, 1.807) is 6.21 Å². The molecule has 1 saturated heterocycles. The molecule has 5 nitrogen and oxygen atoms in total. The Bertz CT molecular complexity index is 1370. The van der Waals surface area contributed by atoms with E-state index in [-0.39, 0.29) is 17.7 Å². The Balaban J connectivity index is 1.18. The average Bonchev–Trinajstić information content (AvgIpc) is 2.99. The van der Waals surface area contributed by atoms with Crippen LogP contribution in [0.25, 0.3) is 0 Å². The first kappa shape index (κ1) is 27.6. The largest absolute Gasteiger partial charge is 0.377 e. The Morgan fingerprint density at radius 2 is 1.35 bits per heavy atom. The minimum atomic E-state index is -0.267. The zero-order chi connectivity index (χ0) is 27.7. The molecule has 4 aromatic rings. The van der Waals surface area contributed by atoms with Crippen LogP contribution in [0.4, 0.5) is 14.5 Å². The minimum Gasteiger partial charge on any atom is -0.377 e. The Labute approximate surface area is 238 Å². The van der Waals surface area contributed by atoms with Gasteiger partial charge in [0.2, 0.25) is 0 Å². The van der Waals surface area contributed by atoms with E-state index in [1.165, 1.54) is 41.6 Å². The summed E-state index contributed by atoms with van der Waals surface area (Å²) in [4.78, 5) is 4.72. The van der Waals surface area contributed by atoms with Gasteiger partial charge in [0.25, 0.3) is 0 Å². The average molecular weight is 556 g/mol. The smallest absolute Gasteiger partial charge is 0.180 e. The van der Waals surface area contributed by atoms with Gasteiger partial charge >= 0.3 is 0 Å². The summed E-state index contributed by atoms with van der Waals surface area (Å²) in [5, 5.41) is 8.67. The highest BCUT2D eigenvalue weighted by molar-refractivity contribution is 8.13. The molecule has 0 bridgehead atoms. The molecule has 1 aliphatic rings. The zero-order valence-corrected chi connectivity index (χ0v) is 22.9. The topological polar surface area (TPSA) is 57.2 Å². The third-order valence-corrected chi connectivity index (χ3v) is 7.76. The van der Waals surface area contributed by atoms with Crippen molar-refractivity contribution >= 4 is 28.8 Å². The van der Waals surface area contributed by atoms with Crippen LogP contribution in [0.2, 0.25) is 0 Å². The second-order valence-corrected chi connectivity index (χ2v) is 10.6. The van der Waals surface area contributed by atoms with Crippen molar-refractivity contribution in [2.75, 3.05) is 31.1 Å². The zero-order valence-electron chi connectivity index (χ0n) is 22.0. The van der Waals surface area contributed by atoms with Crippen molar-refractivity contribution in [1.29, 1.82) is 0 Å². The molecule has 0 aromatic heterocycles. The van der Waals surface area contributed by atoms with Gasteiger partial charge in [-0.25, -0.2) is 8.78 Å². The van der Waals surface area contributed by atoms with Crippen molar-refractivity contribution < 1.29 is 8.78 Å². The molecule has 1 heterocycles. The first-order chi connectivity index (χ1) is 19.5. The van der Waals surface area contributed by atoms with Crippen molar-refractivity contribution in [2.45, 2.75) is 11.8 Å². The summed E-state index contributed by atoms with van der Waals surface area (Å²) in [5.41, 5.74) is 11.2. The monoisotopic (exact) mass is 555 g/mol. The highest BCUT2D eigenvalue weighted by Gasteiger charge is 2.26. The van der Waals surface area contributed by atoms with Crippen LogP contribution in [0.3, 0.4) is 0 Å². The summed E-state index contributed by atoms with van der Waals surface area (Å²) in [6.07, 6.45) is 1.70. The highest BCUT2D eigenvalue weighted by Crippen LogP contribution is 2.31. The molecule has 0 aliphatic carbocycles. The fourth-order valence-electron chi connectivity index (χ4n) is 4.83. The van der Waals surface area contributed by atoms with Gasteiger partial charge in [0.1, 0.15) is 11.6 Å². The fraction of sp³-hybridized carbons (Fsp3) is 0.188. The van der Waals surface area contributed by atoms with Crippen LogP contribution >= 0.6 is 11.8 Å². The quantitative estimate of drug-likeness (QED) is 0.154. The summed E-state index contributed by atoms with van der Waals surface area (Å²) in [7, 11) is 0. The summed E-state index contributed by atoms with van der Waals surface area (Å²) in [5.74, 6) is 0.219. The van der Waals surface area contributed by atoms with E-state index >= 15 is 0 Å². The van der Waals surface area contributed by atoms with Gasteiger partial charge in [-0.2, -0.15) is 5.10 Å². The Morgan fingerprint density at radius 3 is 1.93 bits per heavy atom. The van der Waals surface area contributed by atoms with Crippen molar-refractivity contribution in [3.05, 3.63) is 137 Å². The molecule has 2 N–H and O–H groups in total. The lowest BCUT2D eigenvalue weighted by Gasteiger charge is -2.40. The summed E-state index contributed by atoms with van der Waals surface area (Å²) in [6, 6.07) is 31.5. The van der Waals surface area contributed by atoms with Gasteiger partial charge in [-0.15, -0.1) is 5.10 Å². The predicted molar refractivity (Wildman–Crippen MR) is 162 cm³/mol. The summed E-state index contributed by atoms with van der Waals surface area (Å²) >= 11 is 1.46. The van der Waals surface area contributed by atoms with Crippen molar-refractivity contribution in [3.63, 3.8) is 0 Å². The number of amidine groups is 1. The van der Waals surface area contributed by atoms with Crippen LogP contribution in [0.1, 0.15) is 28.3 Å². The minimum absolute atomic E-state index is 0.0687. The molecule has 8 heteroatoms. The second-order valence-electron chi connectivity index (χ2n) is 9.58. The highest BCUT2D eigenvalue weighted by atomic mass is 32.2. The Hall–Kier alpha value is -4.01. The number of hydrogen-bond donors (Lipinski definition) is 1. The van der Waals surface area contributed by atoms with E-state index in [0.717, 1.165) is 54.3 Å². The molecule has 0 spiro atoms. The second kappa shape index (κ2) is 13.4. The molecule has 0 saturated carbocycles. The van der Waals surface area contributed by atoms with Crippen LogP contribution in [0.15, 0.2) is 113 Å². The van der Waals surface area contributed by atoms with Crippen LogP contribution in [-0.4, -0.2) is 42.5 Å². The van der Waals surface area contributed by atoms with E-state index in [9.17, 15) is 8.78 Å². The molecular weight excluding hydrogens is 524 g/mol. The van der Waals surface area contributed by atoms with Crippen molar-refractivity contribution in [1.82, 2.24) is 4.90 Å². The lowest BCUT2D eigenvalue weighted by molar-refractivity contribution is 0.212. The van der Waals surface area contributed by atoms with Crippen LogP contribution < -0.4 is 10.6 Å². The number of anilines is 1. The van der Waals surface area contributed by atoms with E-state index in [1.807, 2.05) is 54.6 Å². The van der Waals surface area contributed by atoms with Crippen LogP contribution in [-0.2, 0) is 5.75 Å². The van der Waals surface area contributed by atoms with Gasteiger partial charge in [-0.1, -0.05) is 78.5 Å². The molecule has 0 radical (unpaired) electrons. The lowest BCUT2D eigenvalue weighted by atomic mass is 9.96. The third kappa shape index (κ3) is 7.34. The van der Waals surface area contributed by atoms with Gasteiger partial charge in [0, 0.05) is 37.6 Å². The fourth-order valence-corrected chi connectivity index (χ4v) is 5.44. The number of rotatable bonds is 8. The maximum atomic E-state index is 13.6. The van der Waals surface area contributed by atoms with Gasteiger partial charge in [0.05, 0.1) is 12.3 Å². The molecule has 1 aliphatic heterocycles. The lowest BCUT2D eigenvalue weighted by Crippen LogP contribution is -2.48. The number of piperazine rings is 1. The number of halogens is 2. The number of hydrogen-bond acceptors (Lipinski definition) is 5. The van der Waals surface area contributed by atoms with Crippen molar-refractivity contribution in [2.24, 2.45) is 15.9 Å². The molecule has 4 aromatic carbocycles. The molecule has 40 heavy (non-hydrogen) atoms. The van der Waals surface area contributed by atoms with Crippen molar-refractivity contribution in [3.8, 4) is 0 Å². The third-order valence-electron chi connectivity index (χ3n) is 6.90. The predicted octanol–water partition coefficient (Wildman–Crippen LogP) is 6.46. The van der Waals surface area contributed by atoms with Gasteiger partial charge < -0.3 is 10.6 Å². The van der Waals surface area contributed by atoms with Gasteiger partial charge in [-0.05, 0) is 58.7 Å². The number of benzene rings is 4. The first-order valence-electron chi connectivity index (χ1n) is 13.2. The number of nitrogens with two attached hydrogens (primary N) is 1. The van der Waals surface area contributed by atoms with E-state index < -0.39 is 0 Å². The van der Waals surface area contributed by atoms with E-state index in [2.05, 4.69) is 44.3 Å². The normalized spacial score (nSPS) is 14.8. The molecule has 1 fully saturated rings. The van der Waals surface area contributed by atoms with E-state index in [4.69, 9.17) is 5.73 Å². The van der Waals surface area contributed by atoms with Crippen LogP contribution in [0.5, 0.6) is 0 Å². The molecule has 0 atom stereocenters. The molecule has 204 valence electrons. The molecule has 0 amide bonds. The standard InChI is InChI=1S/C32H31F2N5S/c33-28-12-8-26(9-13-28)31(27-10-14-29(34)15-11-27)39-20-18-38(19-21-39)30-16-6-24(7-17-30)22-36-37-32(35)40-23-25-4-2-1-3-5-25/h1-17,22,31H,18-21,23H2,(H2,35,37). The Kier molecular flexibility index (Phi) is 9.21.